The zero-order valence-corrected chi connectivity index (χ0v) is 13.4. The molecular formula is C15H20N8. The summed E-state index contributed by atoms with van der Waals surface area (Å²) in [6.07, 6.45) is 5.51. The fourth-order valence-electron chi connectivity index (χ4n) is 3.11. The third-order valence-corrected chi connectivity index (χ3v) is 4.13. The van der Waals surface area contributed by atoms with Gasteiger partial charge in [-0.05, 0) is 19.8 Å². The van der Waals surface area contributed by atoms with Crippen molar-refractivity contribution in [3.05, 3.63) is 29.7 Å². The topological polar surface area (TPSA) is 85.8 Å². The summed E-state index contributed by atoms with van der Waals surface area (Å²) < 4.78 is 3.77. The lowest BCUT2D eigenvalue weighted by Gasteiger charge is -2.24. The first kappa shape index (κ1) is 14.1. The second-order valence-corrected chi connectivity index (χ2v) is 5.99. The van der Waals surface area contributed by atoms with Crippen LogP contribution in [-0.2, 0) is 19.4 Å². The lowest BCUT2D eigenvalue weighted by molar-refractivity contribution is 0.439. The van der Waals surface area contributed by atoms with Crippen molar-refractivity contribution in [3.63, 3.8) is 0 Å². The van der Waals surface area contributed by atoms with Gasteiger partial charge in [0.1, 0.15) is 23.8 Å². The summed E-state index contributed by atoms with van der Waals surface area (Å²) in [5, 5.41) is 12.3. The predicted octanol–water partition coefficient (Wildman–Crippen LogP) is 1.40. The molecule has 1 atom stereocenters. The average molecular weight is 312 g/mol. The quantitative estimate of drug-likeness (QED) is 0.784. The fraction of sp³-hybridized carbons (Fsp3) is 0.533. The maximum atomic E-state index is 4.54. The first-order valence-electron chi connectivity index (χ1n) is 8.09. The van der Waals surface area contributed by atoms with Crippen LogP contribution in [0.25, 0.3) is 5.78 Å². The van der Waals surface area contributed by atoms with Crippen LogP contribution in [0.5, 0.6) is 0 Å². The van der Waals surface area contributed by atoms with Gasteiger partial charge in [0, 0.05) is 24.2 Å². The van der Waals surface area contributed by atoms with Gasteiger partial charge in [-0.25, -0.2) is 14.6 Å². The van der Waals surface area contributed by atoms with Gasteiger partial charge in [0.25, 0.3) is 5.78 Å². The highest BCUT2D eigenvalue weighted by atomic mass is 15.4. The maximum Gasteiger partial charge on any atom is 0.254 e. The number of aromatic nitrogens is 7. The first-order chi connectivity index (χ1) is 11.2. The van der Waals surface area contributed by atoms with Crippen LogP contribution in [0.2, 0.25) is 0 Å². The van der Waals surface area contributed by atoms with Crippen LogP contribution in [0.3, 0.4) is 0 Å². The molecule has 0 saturated carbocycles. The van der Waals surface area contributed by atoms with Crippen molar-refractivity contribution in [2.45, 2.75) is 52.1 Å². The van der Waals surface area contributed by atoms with E-state index in [1.165, 1.54) is 0 Å². The van der Waals surface area contributed by atoms with Crippen LogP contribution in [-0.4, -0.2) is 40.4 Å². The average Bonchev–Trinajstić information content (AvgIpc) is 3.12. The van der Waals surface area contributed by atoms with Gasteiger partial charge in [-0.2, -0.15) is 19.7 Å². The molecule has 8 nitrogen and oxygen atoms in total. The van der Waals surface area contributed by atoms with Crippen molar-refractivity contribution in [1.29, 1.82) is 0 Å². The Hall–Kier alpha value is -2.51. The number of rotatable bonds is 4. The highest BCUT2D eigenvalue weighted by molar-refractivity contribution is 5.45. The molecule has 3 aromatic heterocycles. The SMILES string of the molecule is CCCc1cc(N[C@@H]2CCc3nc(C)nn3C2)n2ncnc2n1. The summed E-state index contributed by atoms with van der Waals surface area (Å²) in [4.78, 5) is 13.2. The largest absolute Gasteiger partial charge is 0.365 e. The van der Waals surface area contributed by atoms with Crippen molar-refractivity contribution in [2.75, 3.05) is 5.32 Å². The first-order valence-corrected chi connectivity index (χ1v) is 8.09. The summed E-state index contributed by atoms with van der Waals surface area (Å²) in [6, 6.07) is 2.38. The van der Waals surface area contributed by atoms with E-state index in [1.807, 2.05) is 11.6 Å². The number of nitrogens with one attached hydrogen (secondary N) is 1. The summed E-state index contributed by atoms with van der Waals surface area (Å²) in [5.74, 6) is 3.51. The van der Waals surface area contributed by atoms with Crippen LogP contribution >= 0.6 is 0 Å². The molecule has 0 aromatic carbocycles. The highest BCUT2D eigenvalue weighted by Gasteiger charge is 2.22. The van der Waals surface area contributed by atoms with E-state index >= 15 is 0 Å². The van der Waals surface area contributed by atoms with Crippen LogP contribution in [0, 0.1) is 6.92 Å². The molecule has 0 fully saturated rings. The van der Waals surface area contributed by atoms with Crippen molar-refractivity contribution < 1.29 is 0 Å². The standard InChI is InChI=1S/C15H20N8/c1-3-4-11-7-14(23-15(20-11)16-9-17-23)19-12-5-6-13-18-10(2)21-22(13)8-12/h7,9,12,19H,3-6,8H2,1-2H3/t12-/m1/s1. The summed E-state index contributed by atoms with van der Waals surface area (Å²) in [5.41, 5.74) is 1.04. The van der Waals surface area contributed by atoms with E-state index in [1.54, 1.807) is 10.8 Å². The molecule has 8 heteroatoms. The smallest absolute Gasteiger partial charge is 0.254 e. The molecule has 0 saturated heterocycles. The lowest BCUT2D eigenvalue weighted by atomic mass is 10.1. The molecule has 0 amide bonds. The van der Waals surface area contributed by atoms with Crippen molar-refractivity contribution in [1.82, 2.24) is 34.3 Å². The maximum absolute atomic E-state index is 4.54. The molecular weight excluding hydrogens is 292 g/mol. The van der Waals surface area contributed by atoms with Crippen molar-refractivity contribution >= 4 is 11.6 Å². The lowest BCUT2D eigenvalue weighted by Crippen LogP contribution is -2.32. The minimum Gasteiger partial charge on any atom is -0.365 e. The number of anilines is 1. The zero-order valence-electron chi connectivity index (χ0n) is 13.4. The molecule has 0 unspecified atom stereocenters. The number of hydrogen-bond donors (Lipinski definition) is 1. The predicted molar refractivity (Wildman–Crippen MR) is 85.3 cm³/mol. The minimum atomic E-state index is 0.299. The van der Waals surface area contributed by atoms with E-state index in [2.05, 4.69) is 43.5 Å². The number of hydrogen-bond acceptors (Lipinski definition) is 6. The van der Waals surface area contributed by atoms with E-state index in [9.17, 15) is 0 Å². The molecule has 0 radical (unpaired) electrons. The van der Waals surface area contributed by atoms with Gasteiger partial charge in [0.15, 0.2) is 0 Å². The van der Waals surface area contributed by atoms with E-state index < -0.39 is 0 Å². The van der Waals surface area contributed by atoms with Gasteiger partial charge in [-0.3, -0.25) is 0 Å². The molecule has 1 aliphatic rings. The van der Waals surface area contributed by atoms with E-state index in [0.29, 0.717) is 11.8 Å². The summed E-state index contributed by atoms with van der Waals surface area (Å²) >= 11 is 0. The second-order valence-electron chi connectivity index (χ2n) is 5.99. The molecule has 1 aliphatic heterocycles. The number of nitrogens with zero attached hydrogens (tertiary/aromatic N) is 7. The molecule has 4 heterocycles. The normalized spacial score (nSPS) is 17.4. The molecule has 120 valence electrons. The van der Waals surface area contributed by atoms with E-state index in [4.69, 9.17) is 0 Å². The molecule has 4 rings (SSSR count). The third kappa shape index (κ3) is 2.64. The fourth-order valence-corrected chi connectivity index (χ4v) is 3.11. The molecule has 1 N–H and O–H groups in total. The van der Waals surface area contributed by atoms with Gasteiger partial charge in [-0.15, -0.1) is 0 Å². The third-order valence-electron chi connectivity index (χ3n) is 4.13. The van der Waals surface area contributed by atoms with Gasteiger partial charge < -0.3 is 5.32 Å². The van der Waals surface area contributed by atoms with Gasteiger partial charge >= 0.3 is 0 Å². The number of aryl methyl sites for hydroxylation is 3. The Morgan fingerprint density at radius 2 is 2.26 bits per heavy atom. The monoisotopic (exact) mass is 312 g/mol. The molecule has 0 spiro atoms. The highest BCUT2D eigenvalue weighted by Crippen LogP contribution is 2.19. The zero-order chi connectivity index (χ0) is 15.8. The van der Waals surface area contributed by atoms with E-state index in [0.717, 1.165) is 55.4 Å². The van der Waals surface area contributed by atoms with Crippen molar-refractivity contribution in [2.24, 2.45) is 0 Å². The Bertz CT molecular complexity index is 833. The Kier molecular flexibility index (Phi) is 3.44. The summed E-state index contributed by atoms with van der Waals surface area (Å²) in [6.45, 7) is 4.91. The Morgan fingerprint density at radius 3 is 3.13 bits per heavy atom. The van der Waals surface area contributed by atoms with Gasteiger partial charge in [0.2, 0.25) is 0 Å². The van der Waals surface area contributed by atoms with E-state index in [-0.39, 0.29) is 0 Å². The van der Waals surface area contributed by atoms with Gasteiger partial charge in [0.05, 0.1) is 6.54 Å². The van der Waals surface area contributed by atoms with Crippen LogP contribution in [0.4, 0.5) is 5.82 Å². The minimum absolute atomic E-state index is 0.299. The summed E-state index contributed by atoms with van der Waals surface area (Å²) in [7, 11) is 0. The molecule has 3 aromatic rings. The van der Waals surface area contributed by atoms with Crippen LogP contribution in [0.15, 0.2) is 12.4 Å². The Morgan fingerprint density at radius 1 is 1.35 bits per heavy atom. The Balaban J connectivity index is 1.61. The van der Waals surface area contributed by atoms with Crippen LogP contribution < -0.4 is 5.32 Å². The van der Waals surface area contributed by atoms with Gasteiger partial charge in [-0.1, -0.05) is 13.3 Å². The molecule has 0 aliphatic carbocycles. The van der Waals surface area contributed by atoms with Crippen molar-refractivity contribution in [3.8, 4) is 0 Å². The Labute approximate surface area is 134 Å². The van der Waals surface area contributed by atoms with Crippen LogP contribution in [0.1, 0.15) is 37.1 Å². The number of fused-ring (bicyclic) bond motifs is 2. The second kappa shape index (κ2) is 5.60. The molecule has 0 bridgehead atoms. The molecule has 23 heavy (non-hydrogen) atoms.